The molecule has 90 valence electrons. The van der Waals surface area contributed by atoms with Gasteiger partial charge in [-0.05, 0) is 48.8 Å². The van der Waals surface area contributed by atoms with Crippen molar-refractivity contribution in [3.8, 4) is 5.75 Å². The first-order chi connectivity index (χ1) is 7.48. The van der Waals surface area contributed by atoms with Crippen molar-refractivity contribution in [2.75, 3.05) is 0 Å². The Kier molecular flexibility index (Phi) is 3.98. The Morgan fingerprint density at radius 2 is 1.56 bits per heavy atom. The first-order valence-electron chi connectivity index (χ1n) is 5.97. The lowest BCUT2D eigenvalue weighted by atomic mass is 9.77. The fourth-order valence-electron chi connectivity index (χ4n) is 2.14. The lowest BCUT2D eigenvalue weighted by Crippen LogP contribution is -2.20. The molecule has 16 heavy (non-hydrogen) atoms. The lowest BCUT2D eigenvalue weighted by molar-refractivity contribution is 0.329. The summed E-state index contributed by atoms with van der Waals surface area (Å²) in [5.41, 5.74) is 3.87. The largest absolute Gasteiger partial charge is 0.411 e. The lowest BCUT2D eigenvalue weighted by Gasteiger charge is -2.28. The Balaban J connectivity index is 3.27. The fourth-order valence-corrected chi connectivity index (χ4v) is 2.14. The summed E-state index contributed by atoms with van der Waals surface area (Å²) < 4.78 is 0. The number of aryl methyl sites for hydroxylation is 2. The van der Waals surface area contributed by atoms with Gasteiger partial charge < -0.3 is 4.84 Å². The van der Waals surface area contributed by atoms with Gasteiger partial charge in [0.1, 0.15) is 0 Å². The van der Waals surface area contributed by atoms with Gasteiger partial charge in [-0.3, -0.25) is 0 Å². The van der Waals surface area contributed by atoms with Crippen LogP contribution in [0.25, 0.3) is 0 Å². The molecular weight excluding hydrogens is 198 g/mol. The minimum absolute atomic E-state index is 0.253. The van der Waals surface area contributed by atoms with Crippen molar-refractivity contribution in [1.29, 1.82) is 0 Å². The molecule has 0 aliphatic rings. The van der Waals surface area contributed by atoms with Gasteiger partial charge in [-0.25, -0.2) is 0 Å². The molecule has 1 aromatic rings. The molecular formula is C14H23NO. The standard InChI is InChI=1S/C14H23NO/c1-6-14(5,7-2)12-8-10(3)13(16-15)11(4)9-12/h8-9H,6-7,15H2,1-5H3. The molecule has 0 aliphatic carbocycles. The maximum Gasteiger partial charge on any atom is 0.152 e. The van der Waals surface area contributed by atoms with Crippen LogP contribution in [0, 0.1) is 13.8 Å². The summed E-state index contributed by atoms with van der Waals surface area (Å²) >= 11 is 0. The highest BCUT2D eigenvalue weighted by atomic mass is 16.6. The summed E-state index contributed by atoms with van der Waals surface area (Å²) in [4.78, 5) is 4.91. The van der Waals surface area contributed by atoms with Crippen molar-refractivity contribution in [1.82, 2.24) is 0 Å². The van der Waals surface area contributed by atoms with Crippen LogP contribution in [0.4, 0.5) is 0 Å². The van der Waals surface area contributed by atoms with Crippen molar-refractivity contribution < 1.29 is 4.84 Å². The van der Waals surface area contributed by atoms with E-state index < -0.39 is 0 Å². The molecule has 0 bridgehead atoms. The van der Waals surface area contributed by atoms with E-state index in [1.807, 2.05) is 13.8 Å². The van der Waals surface area contributed by atoms with Gasteiger partial charge in [-0.2, -0.15) is 5.90 Å². The molecule has 2 heteroatoms. The summed E-state index contributed by atoms with van der Waals surface area (Å²) in [5.74, 6) is 6.08. The number of hydrogen-bond acceptors (Lipinski definition) is 2. The molecule has 0 aromatic heterocycles. The van der Waals surface area contributed by atoms with Crippen molar-refractivity contribution in [2.24, 2.45) is 5.90 Å². The van der Waals surface area contributed by atoms with Crippen LogP contribution >= 0.6 is 0 Å². The molecule has 0 saturated carbocycles. The van der Waals surface area contributed by atoms with Gasteiger partial charge in [-0.15, -0.1) is 0 Å². The van der Waals surface area contributed by atoms with E-state index in [4.69, 9.17) is 10.7 Å². The van der Waals surface area contributed by atoms with Gasteiger partial charge in [0.15, 0.2) is 5.75 Å². The SMILES string of the molecule is CCC(C)(CC)c1cc(C)c(ON)c(C)c1. The average Bonchev–Trinajstić information content (AvgIpc) is 2.27. The number of hydrogen-bond donors (Lipinski definition) is 1. The molecule has 0 radical (unpaired) electrons. The molecule has 1 aromatic carbocycles. The minimum Gasteiger partial charge on any atom is -0.411 e. The van der Waals surface area contributed by atoms with Crippen molar-refractivity contribution in [2.45, 2.75) is 52.9 Å². The maximum absolute atomic E-state index is 5.28. The zero-order valence-corrected chi connectivity index (χ0v) is 11.1. The number of rotatable bonds is 4. The Labute approximate surface area is 98.8 Å². The second-order valence-corrected chi connectivity index (χ2v) is 4.82. The molecule has 0 amide bonds. The smallest absolute Gasteiger partial charge is 0.152 e. The van der Waals surface area contributed by atoms with Crippen LogP contribution in [0.15, 0.2) is 12.1 Å². The van der Waals surface area contributed by atoms with Crippen LogP contribution in [-0.4, -0.2) is 0 Å². The maximum atomic E-state index is 5.28. The zero-order valence-electron chi connectivity index (χ0n) is 11.1. The molecule has 0 aliphatic heterocycles. The predicted molar refractivity (Wildman–Crippen MR) is 68.7 cm³/mol. The van der Waals surface area contributed by atoms with Crippen LogP contribution < -0.4 is 10.7 Å². The monoisotopic (exact) mass is 221 g/mol. The minimum atomic E-state index is 0.253. The third-order valence-electron chi connectivity index (χ3n) is 3.84. The highest BCUT2D eigenvalue weighted by Crippen LogP contribution is 2.35. The van der Waals surface area contributed by atoms with E-state index in [1.165, 1.54) is 5.56 Å². The van der Waals surface area contributed by atoms with Crippen LogP contribution in [0.1, 0.15) is 50.3 Å². The Morgan fingerprint density at radius 3 is 1.88 bits per heavy atom. The van der Waals surface area contributed by atoms with Crippen molar-refractivity contribution in [3.05, 3.63) is 28.8 Å². The molecule has 0 spiro atoms. The second kappa shape index (κ2) is 4.88. The van der Waals surface area contributed by atoms with E-state index in [-0.39, 0.29) is 5.41 Å². The molecule has 2 N–H and O–H groups in total. The van der Waals surface area contributed by atoms with E-state index in [1.54, 1.807) is 0 Å². The van der Waals surface area contributed by atoms with Gasteiger partial charge in [0.25, 0.3) is 0 Å². The van der Waals surface area contributed by atoms with Gasteiger partial charge in [-0.1, -0.05) is 32.9 Å². The highest BCUT2D eigenvalue weighted by Gasteiger charge is 2.23. The molecule has 0 unspecified atom stereocenters. The Morgan fingerprint density at radius 1 is 1.12 bits per heavy atom. The summed E-state index contributed by atoms with van der Waals surface area (Å²) in [7, 11) is 0. The topological polar surface area (TPSA) is 35.2 Å². The first-order valence-corrected chi connectivity index (χ1v) is 5.97. The zero-order chi connectivity index (χ0) is 12.3. The molecule has 0 fully saturated rings. The van der Waals surface area contributed by atoms with E-state index in [2.05, 4.69) is 32.9 Å². The second-order valence-electron chi connectivity index (χ2n) is 4.82. The molecule has 0 atom stereocenters. The third-order valence-corrected chi connectivity index (χ3v) is 3.84. The first kappa shape index (κ1) is 13.0. The average molecular weight is 221 g/mol. The van der Waals surface area contributed by atoms with E-state index >= 15 is 0 Å². The number of benzene rings is 1. The third kappa shape index (κ3) is 2.22. The molecule has 0 heterocycles. The van der Waals surface area contributed by atoms with Gasteiger partial charge in [0.2, 0.25) is 0 Å². The van der Waals surface area contributed by atoms with Gasteiger partial charge >= 0.3 is 0 Å². The van der Waals surface area contributed by atoms with Crippen LogP contribution in [0.5, 0.6) is 5.75 Å². The van der Waals surface area contributed by atoms with Crippen molar-refractivity contribution >= 4 is 0 Å². The van der Waals surface area contributed by atoms with Gasteiger partial charge in [0.05, 0.1) is 0 Å². The quantitative estimate of drug-likeness (QED) is 0.788. The predicted octanol–water partition coefficient (Wildman–Crippen LogP) is 3.63. The highest BCUT2D eigenvalue weighted by molar-refractivity contribution is 5.45. The normalized spacial score (nSPS) is 11.6. The summed E-state index contributed by atoms with van der Waals surface area (Å²) in [6, 6.07) is 4.39. The van der Waals surface area contributed by atoms with Gasteiger partial charge in [0, 0.05) is 0 Å². The van der Waals surface area contributed by atoms with E-state index in [9.17, 15) is 0 Å². The fraction of sp³-hybridized carbons (Fsp3) is 0.571. The molecule has 1 rings (SSSR count). The van der Waals surface area contributed by atoms with Crippen molar-refractivity contribution in [3.63, 3.8) is 0 Å². The molecule has 0 saturated heterocycles. The number of nitrogens with two attached hydrogens (primary N) is 1. The Hall–Kier alpha value is -1.02. The van der Waals surface area contributed by atoms with Crippen LogP contribution in [0.3, 0.4) is 0 Å². The summed E-state index contributed by atoms with van der Waals surface area (Å²) in [6.45, 7) is 10.9. The molecule has 2 nitrogen and oxygen atoms in total. The Bertz CT molecular complexity index is 344. The summed E-state index contributed by atoms with van der Waals surface area (Å²) in [5, 5.41) is 0. The van der Waals surface area contributed by atoms with E-state index in [0.717, 1.165) is 29.7 Å². The van der Waals surface area contributed by atoms with Crippen LogP contribution in [-0.2, 0) is 5.41 Å². The van der Waals surface area contributed by atoms with E-state index in [0.29, 0.717) is 0 Å². The summed E-state index contributed by atoms with van der Waals surface area (Å²) in [6.07, 6.45) is 2.29. The van der Waals surface area contributed by atoms with Crippen LogP contribution in [0.2, 0.25) is 0 Å².